The normalized spacial score (nSPS) is 10.6. The van der Waals surface area contributed by atoms with Crippen LogP contribution in [0.25, 0.3) is 0 Å². The second-order valence-electron chi connectivity index (χ2n) is 3.92. The number of aromatic nitrogens is 3. The average molecular weight is 328 g/mol. The van der Waals surface area contributed by atoms with Crippen LogP contribution in [0.15, 0.2) is 8.86 Å². The van der Waals surface area contributed by atoms with Crippen molar-refractivity contribution in [3.05, 3.63) is 17.0 Å². The van der Waals surface area contributed by atoms with Crippen LogP contribution in [0.4, 0.5) is 5.13 Å². The number of amides is 1. The van der Waals surface area contributed by atoms with Gasteiger partial charge < -0.3 is 9.63 Å². The highest BCUT2D eigenvalue weighted by Crippen LogP contribution is 2.26. The summed E-state index contributed by atoms with van der Waals surface area (Å²) in [5.74, 6) is -0.966. The second-order valence-corrected chi connectivity index (χ2v) is 6.12. The predicted octanol–water partition coefficient (Wildman–Crippen LogP) is 1.83. The highest BCUT2D eigenvalue weighted by atomic mass is 32.2. The fourth-order valence-corrected chi connectivity index (χ4v) is 3.02. The van der Waals surface area contributed by atoms with Gasteiger partial charge in [0.2, 0.25) is 5.13 Å². The third-order valence-electron chi connectivity index (χ3n) is 2.44. The van der Waals surface area contributed by atoms with E-state index < -0.39 is 5.97 Å². The van der Waals surface area contributed by atoms with Gasteiger partial charge in [-0.25, -0.2) is 0 Å². The van der Waals surface area contributed by atoms with Crippen LogP contribution in [0.1, 0.15) is 28.7 Å². The van der Waals surface area contributed by atoms with Crippen molar-refractivity contribution in [1.29, 1.82) is 0 Å². The fourth-order valence-electron chi connectivity index (χ4n) is 1.55. The Labute approximate surface area is 127 Å². The Morgan fingerprint density at radius 1 is 1.43 bits per heavy atom. The van der Waals surface area contributed by atoms with Crippen molar-refractivity contribution in [3.8, 4) is 0 Å². The first-order valence-corrected chi connectivity index (χ1v) is 7.76. The molecule has 0 aliphatic rings. The summed E-state index contributed by atoms with van der Waals surface area (Å²) in [7, 11) is 0. The minimum Gasteiger partial charge on any atom is -0.481 e. The Morgan fingerprint density at radius 2 is 2.19 bits per heavy atom. The van der Waals surface area contributed by atoms with Crippen LogP contribution >= 0.6 is 23.1 Å². The maximum absolute atomic E-state index is 12.2. The lowest BCUT2D eigenvalue weighted by Gasteiger charge is -2.00. The zero-order valence-electron chi connectivity index (χ0n) is 11.2. The summed E-state index contributed by atoms with van der Waals surface area (Å²) < 4.78 is 5.48. The minimum atomic E-state index is -0.937. The van der Waals surface area contributed by atoms with Gasteiger partial charge in [0.05, 0.1) is 11.4 Å². The Morgan fingerprint density at radius 3 is 2.86 bits per heavy atom. The molecule has 0 saturated carbocycles. The number of hydrogen-bond donors (Lipinski definition) is 2. The highest BCUT2D eigenvalue weighted by Gasteiger charge is 2.20. The van der Waals surface area contributed by atoms with Gasteiger partial charge >= 0.3 is 5.97 Å². The van der Waals surface area contributed by atoms with E-state index in [1.807, 2.05) is 6.92 Å². The van der Waals surface area contributed by atoms with E-state index in [9.17, 15) is 9.59 Å². The smallest absolute Gasteiger partial charge is 0.313 e. The maximum Gasteiger partial charge on any atom is 0.313 e. The average Bonchev–Trinajstić information content (AvgIpc) is 3.02. The number of carbonyl (C=O) groups is 2. The molecule has 0 unspecified atom stereocenters. The number of hydrogen-bond acceptors (Lipinski definition) is 8. The van der Waals surface area contributed by atoms with Gasteiger partial charge in [0.1, 0.15) is 11.3 Å². The van der Waals surface area contributed by atoms with Gasteiger partial charge in [-0.2, -0.15) is 0 Å². The third-order valence-corrected chi connectivity index (χ3v) is 4.40. The van der Waals surface area contributed by atoms with Crippen LogP contribution in [0, 0.1) is 6.92 Å². The molecule has 112 valence electrons. The highest BCUT2D eigenvalue weighted by molar-refractivity contribution is 8.01. The molecule has 0 bridgehead atoms. The Balaban J connectivity index is 2.06. The van der Waals surface area contributed by atoms with Crippen LogP contribution in [0.2, 0.25) is 0 Å². The molecule has 2 N–H and O–H groups in total. The van der Waals surface area contributed by atoms with Crippen LogP contribution in [0.5, 0.6) is 0 Å². The number of carboxylic acid groups (broad SMARTS) is 1. The molecule has 2 aromatic rings. The molecule has 0 saturated heterocycles. The van der Waals surface area contributed by atoms with Gasteiger partial charge in [0.15, 0.2) is 4.34 Å². The molecular weight excluding hydrogens is 316 g/mol. The molecule has 21 heavy (non-hydrogen) atoms. The number of anilines is 1. The van der Waals surface area contributed by atoms with Crippen molar-refractivity contribution in [1.82, 2.24) is 15.4 Å². The summed E-state index contributed by atoms with van der Waals surface area (Å²) in [6.07, 6.45) is 0.579. The summed E-state index contributed by atoms with van der Waals surface area (Å²) in [5, 5.41) is 22.9. The van der Waals surface area contributed by atoms with Crippen LogP contribution in [-0.2, 0) is 11.2 Å². The lowest BCUT2D eigenvalue weighted by Crippen LogP contribution is -2.14. The summed E-state index contributed by atoms with van der Waals surface area (Å²) in [6, 6.07) is 0. The van der Waals surface area contributed by atoms with Crippen molar-refractivity contribution < 1.29 is 19.2 Å². The molecule has 0 spiro atoms. The van der Waals surface area contributed by atoms with Gasteiger partial charge in [-0.05, 0) is 13.3 Å². The first-order valence-electron chi connectivity index (χ1n) is 5.95. The standard InChI is InChI=1S/C11H12N4O4S2/c1-3-6-8(5(2)19-15-6)9(18)12-10-13-14-11(21-10)20-4-7(16)17/h3-4H2,1-2H3,(H,16,17)(H,12,13,18). The summed E-state index contributed by atoms with van der Waals surface area (Å²) in [6.45, 7) is 3.54. The molecule has 2 aromatic heterocycles. The van der Waals surface area contributed by atoms with E-state index in [2.05, 4.69) is 20.7 Å². The summed E-state index contributed by atoms with van der Waals surface area (Å²) in [5.41, 5.74) is 0.974. The molecule has 0 aromatic carbocycles. The van der Waals surface area contributed by atoms with Gasteiger partial charge in [-0.3, -0.25) is 14.9 Å². The molecule has 2 heterocycles. The molecule has 10 heteroatoms. The first-order chi connectivity index (χ1) is 10.0. The molecule has 8 nitrogen and oxygen atoms in total. The lowest BCUT2D eigenvalue weighted by atomic mass is 10.1. The molecular formula is C11H12N4O4S2. The molecule has 0 fully saturated rings. The molecule has 2 rings (SSSR count). The van der Waals surface area contributed by atoms with Crippen LogP contribution in [0.3, 0.4) is 0 Å². The lowest BCUT2D eigenvalue weighted by molar-refractivity contribution is -0.133. The summed E-state index contributed by atoms with van der Waals surface area (Å²) >= 11 is 2.16. The van der Waals surface area contributed by atoms with E-state index in [1.165, 1.54) is 0 Å². The van der Waals surface area contributed by atoms with Crippen molar-refractivity contribution in [3.63, 3.8) is 0 Å². The van der Waals surface area contributed by atoms with Crippen molar-refractivity contribution in [2.45, 2.75) is 24.6 Å². The predicted molar refractivity (Wildman–Crippen MR) is 76.8 cm³/mol. The topological polar surface area (TPSA) is 118 Å². The number of carbonyl (C=O) groups excluding carboxylic acids is 1. The zero-order valence-corrected chi connectivity index (χ0v) is 12.9. The number of rotatable bonds is 6. The van der Waals surface area contributed by atoms with Gasteiger partial charge in [-0.1, -0.05) is 35.2 Å². The third kappa shape index (κ3) is 3.79. The van der Waals surface area contributed by atoms with Gasteiger partial charge in [0, 0.05) is 0 Å². The van der Waals surface area contributed by atoms with E-state index >= 15 is 0 Å². The fraction of sp³-hybridized carbons (Fsp3) is 0.364. The Hall–Kier alpha value is -1.94. The SMILES string of the molecule is CCc1noc(C)c1C(=O)Nc1nnc(SCC(=O)O)s1. The second kappa shape index (κ2) is 6.68. The molecule has 0 atom stereocenters. The minimum absolute atomic E-state index is 0.104. The largest absolute Gasteiger partial charge is 0.481 e. The molecule has 0 aliphatic carbocycles. The van der Waals surface area contributed by atoms with Crippen molar-refractivity contribution in [2.75, 3.05) is 11.1 Å². The van der Waals surface area contributed by atoms with E-state index in [1.54, 1.807) is 6.92 Å². The first kappa shape index (κ1) is 15.4. The molecule has 0 radical (unpaired) electrons. The Kier molecular flexibility index (Phi) is 4.91. The van der Waals surface area contributed by atoms with Crippen molar-refractivity contribution in [2.24, 2.45) is 0 Å². The van der Waals surface area contributed by atoms with Crippen molar-refractivity contribution >= 4 is 40.1 Å². The zero-order chi connectivity index (χ0) is 15.4. The monoisotopic (exact) mass is 328 g/mol. The maximum atomic E-state index is 12.2. The van der Waals surface area contributed by atoms with Crippen LogP contribution in [-0.4, -0.2) is 38.1 Å². The quantitative estimate of drug-likeness (QED) is 0.609. The van der Waals surface area contributed by atoms with Gasteiger partial charge in [0.25, 0.3) is 5.91 Å². The summed E-state index contributed by atoms with van der Waals surface area (Å²) in [4.78, 5) is 22.6. The number of nitrogens with zero attached hydrogens (tertiary/aromatic N) is 3. The number of aliphatic carboxylic acids is 1. The van der Waals surface area contributed by atoms with Gasteiger partial charge in [-0.15, -0.1) is 10.2 Å². The number of carboxylic acids is 1. The molecule has 0 aliphatic heterocycles. The van der Waals surface area contributed by atoms with E-state index in [-0.39, 0.29) is 11.7 Å². The number of aryl methyl sites for hydroxylation is 2. The van der Waals surface area contributed by atoms with Crippen LogP contribution < -0.4 is 5.32 Å². The number of thioether (sulfide) groups is 1. The number of nitrogens with one attached hydrogen (secondary N) is 1. The molecule has 1 amide bonds. The van der Waals surface area contributed by atoms with E-state index in [0.29, 0.717) is 32.9 Å². The van der Waals surface area contributed by atoms with E-state index in [0.717, 1.165) is 23.1 Å². The van der Waals surface area contributed by atoms with E-state index in [4.69, 9.17) is 9.63 Å². The Bertz CT molecular complexity index is 667.